The van der Waals surface area contributed by atoms with Crippen LogP contribution in [0.4, 0.5) is 5.82 Å². The summed E-state index contributed by atoms with van der Waals surface area (Å²) in [5.74, 6) is 1.25. The lowest BCUT2D eigenvalue weighted by Crippen LogP contribution is -2.46. The first-order chi connectivity index (χ1) is 8.69. The molecule has 1 N–H and O–H groups in total. The lowest BCUT2D eigenvalue weighted by atomic mass is 10.1. The van der Waals surface area contributed by atoms with E-state index in [0.29, 0.717) is 6.04 Å². The molecule has 5 nitrogen and oxygen atoms in total. The highest BCUT2D eigenvalue weighted by atomic mass is 16.5. The fraction of sp³-hybridized carbons (Fsp3) is 0.769. The molecule has 0 aromatic carbocycles. The van der Waals surface area contributed by atoms with Crippen LogP contribution in [0.2, 0.25) is 0 Å². The van der Waals surface area contributed by atoms with Crippen LogP contribution in [-0.4, -0.2) is 42.6 Å². The first kappa shape index (κ1) is 13.4. The van der Waals surface area contributed by atoms with E-state index in [4.69, 9.17) is 4.74 Å². The summed E-state index contributed by atoms with van der Waals surface area (Å²) in [5.41, 5.74) is 2.42. The average Bonchev–Trinajstić information content (AvgIpc) is 2.65. The van der Waals surface area contributed by atoms with Crippen molar-refractivity contribution >= 4 is 5.82 Å². The minimum absolute atomic E-state index is 0.462. The molecular weight excluding hydrogens is 228 g/mol. The first-order valence-electron chi connectivity index (χ1n) is 6.70. The van der Waals surface area contributed by atoms with Crippen molar-refractivity contribution in [1.82, 2.24) is 15.1 Å². The van der Waals surface area contributed by atoms with Crippen LogP contribution in [-0.2, 0) is 18.3 Å². The zero-order valence-electron chi connectivity index (χ0n) is 11.9. The number of aromatic nitrogens is 2. The van der Waals surface area contributed by atoms with Crippen LogP contribution in [0.1, 0.15) is 24.6 Å². The number of rotatable bonds is 4. The maximum Gasteiger partial charge on any atom is 0.131 e. The van der Waals surface area contributed by atoms with E-state index in [1.807, 2.05) is 18.8 Å². The monoisotopic (exact) mass is 252 g/mol. The van der Waals surface area contributed by atoms with E-state index in [0.717, 1.165) is 38.4 Å². The number of anilines is 1. The highest BCUT2D eigenvalue weighted by Crippen LogP contribution is 2.27. The van der Waals surface area contributed by atoms with E-state index < -0.39 is 0 Å². The Bertz CT molecular complexity index is 402. The van der Waals surface area contributed by atoms with Crippen LogP contribution < -0.4 is 10.2 Å². The molecule has 1 atom stereocenters. The number of nitrogens with one attached hydrogen (secondary N) is 1. The Kier molecular flexibility index (Phi) is 4.24. The molecule has 0 radical (unpaired) electrons. The van der Waals surface area contributed by atoms with Crippen LogP contribution in [0.3, 0.4) is 0 Å². The normalized spacial score (nSPS) is 20.4. The average molecular weight is 252 g/mol. The van der Waals surface area contributed by atoms with E-state index in [-0.39, 0.29) is 0 Å². The van der Waals surface area contributed by atoms with E-state index in [1.54, 1.807) is 0 Å². The summed E-state index contributed by atoms with van der Waals surface area (Å²) >= 11 is 0. The molecule has 2 heterocycles. The molecule has 2 rings (SSSR count). The number of morpholine rings is 1. The second kappa shape index (κ2) is 5.71. The molecule has 1 fully saturated rings. The van der Waals surface area contributed by atoms with Crippen molar-refractivity contribution in [3.8, 4) is 0 Å². The Morgan fingerprint density at radius 2 is 2.28 bits per heavy atom. The van der Waals surface area contributed by atoms with Gasteiger partial charge in [0.2, 0.25) is 0 Å². The minimum atomic E-state index is 0.462. The summed E-state index contributed by atoms with van der Waals surface area (Å²) in [4.78, 5) is 2.45. The first-order valence-corrected chi connectivity index (χ1v) is 6.70. The van der Waals surface area contributed by atoms with Crippen LogP contribution in [0.25, 0.3) is 0 Å². The van der Waals surface area contributed by atoms with Gasteiger partial charge in [-0.05, 0) is 20.4 Å². The molecule has 0 saturated carbocycles. The zero-order chi connectivity index (χ0) is 13.1. The van der Waals surface area contributed by atoms with Crippen molar-refractivity contribution in [3.05, 3.63) is 11.3 Å². The van der Waals surface area contributed by atoms with Gasteiger partial charge >= 0.3 is 0 Å². The highest BCUT2D eigenvalue weighted by molar-refractivity contribution is 5.51. The lowest BCUT2D eigenvalue weighted by Gasteiger charge is -2.37. The van der Waals surface area contributed by atoms with Gasteiger partial charge in [-0.15, -0.1) is 0 Å². The molecule has 5 heteroatoms. The molecule has 1 aliphatic heterocycles. The van der Waals surface area contributed by atoms with Crippen molar-refractivity contribution in [2.24, 2.45) is 7.05 Å². The summed E-state index contributed by atoms with van der Waals surface area (Å²) in [6.07, 6.45) is 1.10. The fourth-order valence-electron chi connectivity index (χ4n) is 2.70. The van der Waals surface area contributed by atoms with E-state index in [1.165, 1.54) is 11.4 Å². The Morgan fingerprint density at radius 1 is 1.50 bits per heavy atom. The van der Waals surface area contributed by atoms with Gasteiger partial charge in [0, 0.05) is 25.7 Å². The molecule has 102 valence electrons. The SMILES string of the molecule is CCC1COCCN1c1c(CNC)c(C)nn1C. The molecule has 1 aromatic heterocycles. The van der Waals surface area contributed by atoms with Crippen molar-refractivity contribution in [2.75, 3.05) is 31.7 Å². The molecule has 1 aromatic rings. The summed E-state index contributed by atoms with van der Waals surface area (Å²) < 4.78 is 7.59. The molecule has 0 spiro atoms. The second-order valence-corrected chi connectivity index (χ2v) is 4.87. The number of hydrogen-bond donors (Lipinski definition) is 1. The highest BCUT2D eigenvalue weighted by Gasteiger charge is 2.27. The number of hydrogen-bond acceptors (Lipinski definition) is 4. The molecule has 1 saturated heterocycles. The van der Waals surface area contributed by atoms with Crippen molar-refractivity contribution in [3.63, 3.8) is 0 Å². The molecule has 1 aliphatic rings. The van der Waals surface area contributed by atoms with Gasteiger partial charge in [0.1, 0.15) is 5.82 Å². The summed E-state index contributed by atoms with van der Waals surface area (Å²) in [6, 6.07) is 0.462. The van der Waals surface area contributed by atoms with E-state index in [9.17, 15) is 0 Å². The van der Waals surface area contributed by atoms with Gasteiger partial charge in [0.05, 0.1) is 24.9 Å². The van der Waals surface area contributed by atoms with Crippen molar-refractivity contribution in [1.29, 1.82) is 0 Å². The predicted molar refractivity (Wildman–Crippen MR) is 73.0 cm³/mol. The summed E-state index contributed by atoms with van der Waals surface area (Å²) in [6.45, 7) is 7.74. The number of nitrogens with zero attached hydrogens (tertiary/aromatic N) is 3. The third kappa shape index (κ3) is 2.37. The van der Waals surface area contributed by atoms with Gasteiger partial charge in [-0.2, -0.15) is 5.10 Å². The minimum Gasteiger partial charge on any atom is -0.377 e. The van der Waals surface area contributed by atoms with E-state index in [2.05, 4.69) is 29.2 Å². The maximum atomic E-state index is 5.58. The number of ether oxygens (including phenoxy) is 1. The molecule has 1 unspecified atom stereocenters. The number of aryl methyl sites for hydroxylation is 2. The van der Waals surface area contributed by atoms with Gasteiger partial charge in [-0.3, -0.25) is 4.68 Å². The summed E-state index contributed by atoms with van der Waals surface area (Å²) in [7, 11) is 4.01. The zero-order valence-corrected chi connectivity index (χ0v) is 11.9. The Labute approximate surface area is 109 Å². The molecule has 0 aliphatic carbocycles. The van der Waals surface area contributed by atoms with Crippen LogP contribution in [0.5, 0.6) is 0 Å². The predicted octanol–water partition coefficient (Wildman–Crippen LogP) is 1.06. The van der Waals surface area contributed by atoms with Gasteiger partial charge in [-0.25, -0.2) is 0 Å². The molecule has 0 amide bonds. The van der Waals surface area contributed by atoms with Crippen LogP contribution in [0.15, 0.2) is 0 Å². The second-order valence-electron chi connectivity index (χ2n) is 4.87. The third-order valence-electron chi connectivity index (χ3n) is 3.64. The van der Waals surface area contributed by atoms with Crippen LogP contribution in [0, 0.1) is 6.92 Å². The fourth-order valence-corrected chi connectivity index (χ4v) is 2.70. The van der Waals surface area contributed by atoms with Crippen molar-refractivity contribution < 1.29 is 4.74 Å². The topological polar surface area (TPSA) is 42.3 Å². The maximum absolute atomic E-state index is 5.58. The molecule has 18 heavy (non-hydrogen) atoms. The third-order valence-corrected chi connectivity index (χ3v) is 3.64. The van der Waals surface area contributed by atoms with Crippen LogP contribution >= 0.6 is 0 Å². The van der Waals surface area contributed by atoms with Gasteiger partial charge in [0.15, 0.2) is 0 Å². The Hall–Kier alpha value is -1.07. The standard InChI is InChI=1S/C13H24N4O/c1-5-11-9-18-7-6-17(11)13-12(8-14-3)10(2)15-16(13)4/h11,14H,5-9H2,1-4H3. The van der Waals surface area contributed by atoms with Gasteiger partial charge in [0.25, 0.3) is 0 Å². The Morgan fingerprint density at radius 3 is 2.94 bits per heavy atom. The Balaban J connectivity index is 2.35. The lowest BCUT2D eigenvalue weighted by molar-refractivity contribution is 0.0921. The quantitative estimate of drug-likeness (QED) is 0.870. The van der Waals surface area contributed by atoms with E-state index >= 15 is 0 Å². The molecular formula is C13H24N4O. The molecule has 0 bridgehead atoms. The smallest absolute Gasteiger partial charge is 0.131 e. The summed E-state index contributed by atoms with van der Waals surface area (Å²) in [5, 5.41) is 7.81. The van der Waals surface area contributed by atoms with Crippen molar-refractivity contribution in [2.45, 2.75) is 32.9 Å². The van der Waals surface area contributed by atoms with Gasteiger partial charge < -0.3 is 15.0 Å². The van der Waals surface area contributed by atoms with Gasteiger partial charge in [-0.1, -0.05) is 6.92 Å². The largest absolute Gasteiger partial charge is 0.377 e.